The first-order valence-electron chi connectivity index (χ1n) is 10.3. The van der Waals surface area contributed by atoms with Gasteiger partial charge in [-0.1, -0.05) is 19.1 Å². The Morgan fingerprint density at radius 2 is 1.75 bits per heavy atom. The smallest absolute Gasteiger partial charge is 0.191 e. The van der Waals surface area contributed by atoms with Crippen LogP contribution in [-0.2, 0) is 11.3 Å². The summed E-state index contributed by atoms with van der Waals surface area (Å²) in [6.07, 6.45) is 2.60. The number of anilines is 1. The van der Waals surface area contributed by atoms with E-state index in [-0.39, 0.29) is 24.0 Å². The van der Waals surface area contributed by atoms with Crippen molar-refractivity contribution in [3.8, 4) is 0 Å². The quantitative estimate of drug-likeness (QED) is 0.357. The number of piperidine rings is 1. The number of hydrogen-bond acceptors (Lipinski definition) is 4. The summed E-state index contributed by atoms with van der Waals surface area (Å²) in [6.45, 7) is 11.2. The van der Waals surface area contributed by atoms with Crippen LogP contribution in [0.25, 0.3) is 0 Å². The molecule has 7 heteroatoms. The number of nitrogens with zero attached hydrogens (tertiary/aromatic N) is 3. The number of aliphatic imine (C=N–C) groups is 1. The van der Waals surface area contributed by atoms with Crippen molar-refractivity contribution in [2.75, 3.05) is 64.4 Å². The Bertz CT molecular complexity index is 581. The van der Waals surface area contributed by atoms with Gasteiger partial charge in [0.2, 0.25) is 0 Å². The maximum atomic E-state index is 5.39. The van der Waals surface area contributed by atoms with Gasteiger partial charge in [0, 0.05) is 58.5 Å². The molecular weight excluding hydrogens is 465 g/mol. The van der Waals surface area contributed by atoms with Crippen LogP contribution in [0.5, 0.6) is 0 Å². The second-order valence-electron chi connectivity index (χ2n) is 7.64. The molecule has 6 nitrogen and oxygen atoms in total. The van der Waals surface area contributed by atoms with Crippen LogP contribution in [0, 0.1) is 5.92 Å². The fourth-order valence-electron chi connectivity index (χ4n) is 3.65. The second kappa shape index (κ2) is 12.5. The first-order chi connectivity index (χ1) is 13.2. The molecule has 158 valence electrons. The van der Waals surface area contributed by atoms with Crippen LogP contribution in [-0.4, -0.2) is 70.4 Å². The molecule has 2 N–H and O–H groups in total. The third-order valence-electron chi connectivity index (χ3n) is 5.59. The van der Waals surface area contributed by atoms with Crippen LogP contribution in [0.3, 0.4) is 0 Å². The zero-order chi connectivity index (χ0) is 18.9. The summed E-state index contributed by atoms with van der Waals surface area (Å²) < 4.78 is 5.39. The Morgan fingerprint density at radius 1 is 1.07 bits per heavy atom. The summed E-state index contributed by atoms with van der Waals surface area (Å²) in [5.74, 6) is 1.73. The van der Waals surface area contributed by atoms with E-state index >= 15 is 0 Å². The van der Waals surface area contributed by atoms with Gasteiger partial charge in [0.25, 0.3) is 0 Å². The van der Waals surface area contributed by atoms with Gasteiger partial charge in [0.05, 0.1) is 13.2 Å². The number of rotatable bonds is 6. The molecule has 0 saturated carbocycles. The molecule has 2 heterocycles. The minimum absolute atomic E-state index is 0. The van der Waals surface area contributed by atoms with E-state index in [2.05, 4.69) is 56.6 Å². The van der Waals surface area contributed by atoms with Gasteiger partial charge in [-0.15, -0.1) is 24.0 Å². The molecule has 0 bridgehead atoms. The first-order valence-corrected chi connectivity index (χ1v) is 10.3. The van der Waals surface area contributed by atoms with E-state index in [1.807, 2.05) is 7.05 Å². The average Bonchev–Trinajstić information content (AvgIpc) is 2.72. The Morgan fingerprint density at radius 3 is 2.39 bits per heavy atom. The monoisotopic (exact) mass is 501 g/mol. The highest BCUT2D eigenvalue weighted by atomic mass is 127. The topological polar surface area (TPSA) is 52.1 Å². The number of hydrogen-bond donors (Lipinski definition) is 2. The summed E-state index contributed by atoms with van der Waals surface area (Å²) in [4.78, 5) is 9.25. The fourth-order valence-corrected chi connectivity index (χ4v) is 3.65. The molecule has 0 amide bonds. The Kier molecular flexibility index (Phi) is 10.4. The van der Waals surface area contributed by atoms with Gasteiger partial charge in [0.15, 0.2) is 5.96 Å². The fraction of sp³-hybridized carbons (Fsp3) is 0.667. The molecule has 2 aliphatic rings. The normalized spacial score (nSPS) is 19.2. The predicted octanol–water partition coefficient (Wildman–Crippen LogP) is 2.54. The van der Waals surface area contributed by atoms with E-state index in [0.717, 1.165) is 57.8 Å². The molecule has 1 aromatic carbocycles. The highest BCUT2D eigenvalue weighted by Gasteiger charge is 2.15. The van der Waals surface area contributed by atoms with Crippen molar-refractivity contribution >= 4 is 35.6 Å². The predicted molar refractivity (Wildman–Crippen MR) is 128 cm³/mol. The zero-order valence-corrected chi connectivity index (χ0v) is 19.7. The lowest BCUT2D eigenvalue weighted by Gasteiger charge is -2.32. The van der Waals surface area contributed by atoms with E-state index in [4.69, 9.17) is 4.74 Å². The van der Waals surface area contributed by atoms with Gasteiger partial charge in [-0.05, 0) is 36.5 Å². The molecule has 28 heavy (non-hydrogen) atoms. The third-order valence-corrected chi connectivity index (χ3v) is 5.59. The Balaban J connectivity index is 0.00000280. The molecule has 0 aromatic heterocycles. The SMILES string of the molecule is CN=C(NCCN1CCOCC1)NCc1ccc(N2CCC(C)CC2)cc1.I. The number of ether oxygens (including phenoxy) is 1. The summed E-state index contributed by atoms with van der Waals surface area (Å²) in [7, 11) is 1.82. The van der Waals surface area contributed by atoms with Gasteiger partial charge < -0.3 is 20.3 Å². The number of halogens is 1. The number of guanidine groups is 1. The maximum absolute atomic E-state index is 5.39. The van der Waals surface area contributed by atoms with Crippen molar-refractivity contribution in [1.82, 2.24) is 15.5 Å². The lowest BCUT2D eigenvalue weighted by atomic mass is 9.99. The molecule has 2 aliphatic heterocycles. The van der Waals surface area contributed by atoms with E-state index in [1.165, 1.54) is 37.2 Å². The molecule has 0 atom stereocenters. The minimum atomic E-state index is 0. The van der Waals surface area contributed by atoms with Gasteiger partial charge in [-0.3, -0.25) is 9.89 Å². The van der Waals surface area contributed by atoms with E-state index in [0.29, 0.717) is 0 Å². The van der Waals surface area contributed by atoms with Crippen molar-refractivity contribution in [3.05, 3.63) is 29.8 Å². The van der Waals surface area contributed by atoms with Crippen LogP contribution in [0.4, 0.5) is 5.69 Å². The molecule has 0 radical (unpaired) electrons. The van der Waals surface area contributed by atoms with E-state index in [1.54, 1.807) is 0 Å². The van der Waals surface area contributed by atoms with Crippen molar-refractivity contribution in [3.63, 3.8) is 0 Å². The van der Waals surface area contributed by atoms with Crippen molar-refractivity contribution < 1.29 is 4.74 Å². The van der Waals surface area contributed by atoms with E-state index in [9.17, 15) is 0 Å². The largest absolute Gasteiger partial charge is 0.379 e. The minimum Gasteiger partial charge on any atom is -0.379 e. The second-order valence-corrected chi connectivity index (χ2v) is 7.64. The molecule has 3 rings (SSSR count). The van der Waals surface area contributed by atoms with Gasteiger partial charge in [-0.2, -0.15) is 0 Å². The van der Waals surface area contributed by atoms with Crippen molar-refractivity contribution in [2.24, 2.45) is 10.9 Å². The zero-order valence-electron chi connectivity index (χ0n) is 17.3. The highest BCUT2D eigenvalue weighted by molar-refractivity contribution is 14.0. The van der Waals surface area contributed by atoms with Crippen LogP contribution >= 0.6 is 24.0 Å². The maximum Gasteiger partial charge on any atom is 0.191 e. The number of benzene rings is 1. The van der Waals surface area contributed by atoms with Crippen LogP contribution in [0.2, 0.25) is 0 Å². The molecule has 1 aromatic rings. The average molecular weight is 501 g/mol. The van der Waals surface area contributed by atoms with E-state index < -0.39 is 0 Å². The Hall–Kier alpha value is -1.06. The summed E-state index contributed by atoms with van der Waals surface area (Å²) in [5.41, 5.74) is 2.62. The lowest BCUT2D eigenvalue weighted by Crippen LogP contribution is -2.44. The van der Waals surface area contributed by atoms with Crippen LogP contribution < -0.4 is 15.5 Å². The standard InChI is InChI=1S/C21H35N5O.HI/c1-18-7-10-26(11-8-18)20-5-3-19(4-6-20)17-24-21(22-2)23-9-12-25-13-15-27-16-14-25;/h3-6,18H,7-17H2,1-2H3,(H2,22,23,24);1H. The summed E-state index contributed by atoms with van der Waals surface area (Å²) in [5, 5.41) is 6.81. The summed E-state index contributed by atoms with van der Waals surface area (Å²) >= 11 is 0. The highest BCUT2D eigenvalue weighted by Crippen LogP contribution is 2.23. The first kappa shape index (κ1) is 23.2. The number of morpholine rings is 1. The molecule has 2 fully saturated rings. The molecular formula is C21H36IN5O. The summed E-state index contributed by atoms with van der Waals surface area (Å²) in [6, 6.07) is 8.95. The molecule has 0 unspecified atom stereocenters. The molecule has 0 spiro atoms. The van der Waals surface area contributed by atoms with Crippen LogP contribution in [0.15, 0.2) is 29.3 Å². The van der Waals surface area contributed by atoms with Gasteiger partial charge >= 0.3 is 0 Å². The number of nitrogens with one attached hydrogen (secondary N) is 2. The Labute approximate surface area is 187 Å². The van der Waals surface area contributed by atoms with Gasteiger partial charge in [0.1, 0.15) is 0 Å². The molecule has 2 saturated heterocycles. The van der Waals surface area contributed by atoms with Crippen molar-refractivity contribution in [2.45, 2.75) is 26.3 Å². The third kappa shape index (κ3) is 7.40. The van der Waals surface area contributed by atoms with Gasteiger partial charge in [-0.25, -0.2) is 0 Å². The lowest BCUT2D eigenvalue weighted by molar-refractivity contribution is 0.0389. The van der Waals surface area contributed by atoms with Crippen LogP contribution in [0.1, 0.15) is 25.3 Å². The van der Waals surface area contributed by atoms with Crippen molar-refractivity contribution in [1.29, 1.82) is 0 Å². The molecule has 0 aliphatic carbocycles.